The van der Waals surface area contributed by atoms with Crippen LogP contribution in [0.4, 0.5) is 5.00 Å². The van der Waals surface area contributed by atoms with Crippen molar-refractivity contribution in [3.63, 3.8) is 0 Å². The molecule has 0 unspecified atom stereocenters. The summed E-state index contributed by atoms with van der Waals surface area (Å²) in [5, 5.41) is 3.33. The normalized spacial score (nSPS) is 10.8. The van der Waals surface area contributed by atoms with Gasteiger partial charge >= 0.3 is 5.97 Å². The van der Waals surface area contributed by atoms with Gasteiger partial charge in [-0.05, 0) is 38.5 Å². The molecule has 7 heteroatoms. The number of aryl methyl sites for hydroxylation is 2. The number of nitrogens with one attached hydrogen (secondary N) is 1. The van der Waals surface area contributed by atoms with Crippen LogP contribution in [0.25, 0.3) is 5.65 Å². The van der Waals surface area contributed by atoms with Crippen LogP contribution < -0.4 is 5.32 Å². The minimum absolute atomic E-state index is 0.308. The average Bonchev–Trinajstić information content (AvgIpc) is 3.03. The van der Waals surface area contributed by atoms with Crippen LogP contribution in [-0.2, 0) is 4.74 Å². The topological polar surface area (TPSA) is 72.7 Å². The zero-order chi connectivity index (χ0) is 17.4. The van der Waals surface area contributed by atoms with E-state index in [1.54, 1.807) is 17.5 Å². The fourth-order valence-electron chi connectivity index (χ4n) is 2.61. The van der Waals surface area contributed by atoms with Crippen LogP contribution in [-0.4, -0.2) is 28.4 Å². The van der Waals surface area contributed by atoms with Gasteiger partial charge in [-0.25, -0.2) is 9.78 Å². The number of anilines is 1. The van der Waals surface area contributed by atoms with E-state index in [4.69, 9.17) is 4.74 Å². The maximum Gasteiger partial charge on any atom is 0.341 e. The van der Waals surface area contributed by atoms with Crippen molar-refractivity contribution in [3.8, 4) is 0 Å². The first kappa shape index (κ1) is 16.2. The number of hydrogen-bond donors (Lipinski definition) is 1. The smallest absolute Gasteiger partial charge is 0.341 e. The highest BCUT2D eigenvalue weighted by molar-refractivity contribution is 7.16. The van der Waals surface area contributed by atoms with E-state index in [2.05, 4.69) is 10.3 Å². The molecule has 1 N–H and O–H groups in total. The third-order valence-electron chi connectivity index (χ3n) is 3.92. The molecule has 1 amide bonds. The van der Waals surface area contributed by atoms with E-state index in [0.717, 1.165) is 10.4 Å². The molecule has 3 rings (SSSR count). The molecule has 0 radical (unpaired) electrons. The number of methoxy groups -OCH3 is 1. The second-order valence-corrected chi connectivity index (χ2v) is 6.63. The Morgan fingerprint density at radius 3 is 2.71 bits per heavy atom. The first-order chi connectivity index (χ1) is 11.4. The van der Waals surface area contributed by atoms with Gasteiger partial charge in [-0.3, -0.25) is 9.20 Å². The molecule has 0 saturated heterocycles. The third-order valence-corrected chi connectivity index (χ3v) is 5.04. The summed E-state index contributed by atoms with van der Waals surface area (Å²) in [4.78, 5) is 30.2. The van der Waals surface area contributed by atoms with Crippen LogP contribution >= 0.6 is 11.3 Å². The lowest BCUT2D eigenvalue weighted by Crippen LogP contribution is -2.17. The molecule has 0 bridgehead atoms. The highest BCUT2D eigenvalue weighted by Crippen LogP contribution is 2.33. The standard InChI is InChI=1S/C17H17N3O3S/c1-9-11(3)24-16(13(9)17(22)23-4)19-15(21)14-10(2)18-12-7-5-6-8-20(12)14/h5-8H,1-4H3,(H,19,21). The zero-order valence-electron chi connectivity index (χ0n) is 13.8. The van der Waals surface area contributed by atoms with Crippen LogP contribution in [0.1, 0.15) is 37.0 Å². The Labute approximate surface area is 143 Å². The summed E-state index contributed by atoms with van der Waals surface area (Å²) in [6.07, 6.45) is 1.79. The maximum atomic E-state index is 12.8. The van der Waals surface area contributed by atoms with Crippen molar-refractivity contribution in [3.05, 3.63) is 51.8 Å². The van der Waals surface area contributed by atoms with Gasteiger partial charge in [-0.1, -0.05) is 6.07 Å². The van der Waals surface area contributed by atoms with Crippen LogP contribution in [0.5, 0.6) is 0 Å². The number of pyridine rings is 1. The third kappa shape index (κ3) is 2.56. The second-order valence-electron chi connectivity index (χ2n) is 5.41. The lowest BCUT2D eigenvalue weighted by Gasteiger charge is -2.07. The number of hydrogen-bond acceptors (Lipinski definition) is 5. The van der Waals surface area contributed by atoms with Crippen LogP contribution in [0.15, 0.2) is 24.4 Å². The molecule has 0 saturated carbocycles. The molecule has 0 spiro atoms. The van der Waals surface area contributed by atoms with E-state index in [-0.39, 0.29) is 5.91 Å². The van der Waals surface area contributed by atoms with Gasteiger partial charge in [0.1, 0.15) is 16.3 Å². The minimum Gasteiger partial charge on any atom is -0.465 e. The van der Waals surface area contributed by atoms with Gasteiger partial charge < -0.3 is 10.1 Å². The number of ether oxygens (including phenoxy) is 1. The summed E-state index contributed by atoms with van der Waals surface area (Å²) >= 11 is 1.36. The first-order valence-electron chi connectivity index (χ1n) is 7.37. The monoisotopic (exact) mass is 343 g/mol. The molecular weight excluding hydrogens is 326 g/mol. The van der Waals surface area contributed by atoms with E-state index >= 15 is 0 Å². The van der Waals surface area contributed by atoms with Crippen molar-refractivity contribution in [2.24, 2.45) is 0 Å². The number of rotatable bonds is 3. The van der Waals surface area contributed by atoms with E-state index in [1.807, 2.05) is 32.0 Å². The van der Waals surface area contributed by atoms with E-state index in [9.17, 15) is 9.59 Å². The second kappa shape index (κ2) is 6.09. The molecule has 0 aliphatic heterocycles. The van der Waals surface area contributed by atoms with Crippen LogP contribution in [0.2, 0.25) is 0 Å². The summed E-state index contributed by atoms with van der Waals surface area (Å²) in [6.45, 7) is 5.53. The maximum absolute atomic E-state index is 12.8. The van der Waals surface area contributed by atoms with Gasteiger partial charge in [0.15, 0.2) is 0 Å². The summed E-state index contributed by atoms with van der Waals surface area (Å²) < 4.78 is 6.57. The quantitative estimate of drug-likeness (QED) is 0.740. The molecule has 0 fully saturated rings. The summed E-state index contributed by atoms with van der Waals surface area (Å²) in [5.41, 5.74) is 3.00. The predicted molar refractivity (Wildman–Crippen MR) is 93.0 cm³/mol. The molecule has 0 aliphatic rings. The Morgan fingerprint density at radius 1 is 1.25 bits per heavy atom. The largest absolute Gasteiger partial charge is 0.465 e. The van der Waals surface area contributed by atoms with Gasteiger partial charge in [0, 0.05) is 11.1 Å². The number of carbonyl (C=O) groups excluding carboxylic acids is 2. The number of fused-ring (bicyclic) bond motifs is 1. The number of esters is 1. The van der Waals surface area contributed by atoms with Gasteiger partial charge in [0.25, 0.3) is 5.91 Å². The molecule has 6 nitrogen and oxygen atoms in total. The lowest BCUT2D eigenvalue weighted by molar-refractivity contribution is 0.0601. The Bertz CT molecular complexity index is 956. The minimum atomic E-state index is -0.456. The van der Waals surface area contributed by atoms with Crippen LogP contribution in [0.3, 0.4) is 0 Å². The zero-order valence-corrected chi connectivity index (χ0v) is 14.7. The van der Waals surface area contributed by atoms with Gasteiger partial charge in [-0.15, -0.1) is 11.3 Å². The molecule has 0 aliphatic carbocycles. The summed E-state index contributed by atoms with van der Waals surface area (Å²) in [5.74, 6) is -0.764. The van der Waals surface area contributed by atoms with Crippen molar-refractivity contribution >= 4 is 33.9 Å². The van der Waals surface area contributed by atoms with E-state index in [1.165, 1.54) is 18.4 Å². The van der Waals surface area contributed by atoms with Crippen molar-refractivity contribution in [2.75, 3.05) is 12.4 Å². The molecule has 3 heterocycles. The van der Waals surface area contributed by atoms with Crippen molar-refractivity contribution < 1.29 is 14.3 Å². The molecule has 24 heavy (non-hydrogen) atoms. The van der Waals surface area contributed by atoms with Crippen molar-refractivity contribution in [2.45, 2.75) is 20.8 Å². The van der Waals surface area contributed by atoms with Gasteiger partial charge in [0.05, 0.1) is 18.4 Å². The predicted octanol–water partition coefficient (Wildman–Crippen LogP) is 3.36. The first-order valence-corrected chi connectivity index (χ1v) is 8.19. The lowest BCUT2D eigenvalue weighted by atomic mass is 10.1. The molecule has 3 aromatic rings. The fraction of sp³-hybridized carbons (Fsp3) is 0.235. The van der Waals surface area contributed by atoms with Crippen molar-refractivity contribution in [1.82, 2.24) is 9.38 Å². The molecule has 124 valence electrons. The number of carbonyl (C=O) groups is 2. The number of aromatic nitrogens is 2. The number of nitrogens with zero attached hydrogens (tertiary/aromatic N) is 2. The van der Waals surface area contributed by atoms with Crippen LogP contribution in [0, 0.1) is 20.8 Å². The molecule has 0 atom stereocenters. The number of imidazole rings is 1. The highest BCUT2D eigenvalue weighted by Gasteiger charge is 2.24. The Balaban J connectivity index is 2.03. The average molecular weight is 343 g/mol. The summed E-state index contributed by atoms with van der Waals surface area (Å²) in [6, 6.07) is 5.54. The SMILES string of the molecule is COC(=O)c1c(NC(=O)c2c(C)nc3ccccn23)sc(C)c1C. The Kier molecular flexibility index (Phi) is 4.11. The number of thiophene rings is 1. The van der Waals surface area contributed by atoms with Gasteiger partial charge in [0.2, 0.25) is 0 Å². The van der Waals surface area contributed by atoms with E-state index < -0.39 is 5.97 Å². The highest BCUT2D eigenvalue weighted by atomic mass is 32.1. The van der Waals surface area contributed by atoms with Gasteiger partial charge in [-0.2, -0.15) is 0 Å². The van der Waals surface area contributed by atoms with Crippen molar-refractivity contribution in [1.29, 1.82) is 0 Å². The number of amides is 1. The summed E-state index contributed by atoms with van der Waals surface area (Å²) in [7, 11) is 1.33. The fourth-order valence-corrected chi connectivity index (χ4v) is 3.66. The molecular formula is C17H17N3O3S. The molecule has 0 aromatic carbocycles. The molecule has 3 aromatic heterocycles. The van der Waals surface area contributed by atoms with E-state index in [0.29, 0.717) is 27.6 Å². The Morgan fingerprint density at radius 2 is 2.00 bits per heavy atom. The Hall–Kier alpha value is -2.67.